The highest BCUT2D eigenvalue weighted by molar-refractivity contribution is 6.26. The third kappa shape index (κ3) is 0.899. The number of H-pyrrole nitrogens is 1. The summed E-state index contributed by atoms with van der Waals surface area (Å²) in [6.07, 6.45) is 3.90. The first-order chi connectivity index (χ1) is 7.29. The molecular formula is C9H4N4O2. The molecule has 72 valence electrons. The number of imidazole rings is 1. The Bertz CT molecular complexity index is 538. The average molecular weight is 200 g/mol. The molecule has 2 heterocycles. The van der Waals surface area contributed by atoms with Gasteiger partial charge in [0.15, 0.2) is 0 Å². The summed E-state index contributed by atoms with van der Waals surface area (Å²) in [6.45, 7) is 0. The van der Waals surface area contributed by atoms with Crippen LogP contribution in [0.25, 0.3) is 0 Å². The van der Waals surface area contributed by atoms with Crippen LogP contribution in [0.15, 0.2) is 18.7 Å². The standard InChI is InChI=1S/C9H4N4O2/c14-8-4-1-12-13-2-5(4)9(15)7-6(8)10-3-11-7/h1-3H,(H,10,11). The Morgan fingerprint density at radius 2 is 1.67 bits per heavy atom. The van der Waals surface area contributed by atoms with Crippen molar-refractivity contribution < 1.29 is 9.59 Å². The second-order valence-electron chi connectivity index (χ2n) is 3.10. The van der Waals surface area contributed by atoms with Crippen molar-refractivity contribution in [3.63, 3.8) is 0 Å². The number of carbonyl (C=O) groups excluding carboxylic acids is 2. The second-order valence-corrected chi connectivity index (χ2v) is 3.10. The monoisotopic (exact) mass is 200 g/mol. The summed E-state index contributed by atoms with van der Waals surface area (Å²) >= 11 is 0. The highest BCUT2D eigenvalue weighted by atomic mass is 16.1. The topological polar surface area (TPSA) is 88.6 Å². The van der Waals surface area contributed by atoms with Gasteiger partial charge in [-0.15, -0.1) is 0 Å². The van der Waals surface area contributed by atoms with Crippen LogP contribution in [0.2, 0.25) is 0 Å². The van der Waals surface area contributed by atoms with Gasteiger partial charge in [-0.05, 0) is 0 Å². The highest BCUT2D eigenvalue weighted by Gasteiger charge is 2.32. The molecule has 0 amide bonds. The van der Waals surface area contributed by atoms with E-state index in [1.165, 1.54) is 18.7 Å². The van der Waals surface area contributed by atoms with Gasteiger partial charge in [0, 0.05) is 0 Å². The Morgan fingerprint density at radius 3 is 2.40 bits per heavy atom. The van der Waals surface area contributed by atoms with Gasteiger partial charge < -0.3 is 4.98 Å². The minimum Gasteiger partial charge on any atom is -0.341 e. The van der Waals surface area contributed by atoms with Crippen LogP contribution in [0, 0.1) is 0 Å². The SMILES string of the molecule is O=C1c2cnncc2C(=O)c2[nH]cnc21. The first-order valence-electron chi connectivity index (χ1n) is 4.22. The third-order valence-electron chi connectivity index (χ3n) is 2.30. The lowest BCUT2D eigenvalue weighted by Gasteiger charge is -2.10. The molecule has 3 rings (SSSR count). The van der Waals surface area contributed by atoms with Gasteiger partial charge in [0.05, 0.1) is 29.8 Å². The number of aromatic nitrogens is 4. The molecule has 1 aliphatic carbocycles. The maximum absolute atomic E-state index is 11.8. The zero-order chi connectivity index (χ0) is 10.4. The fourth-order valence-corrected chi connectivity index (χ4v) is 1.58. The summed E-state index contributed by atoms with van der Waals surface area (Å²) in [5.41, 5.74) is 0.905. The molecule has 0 aliphatic heterocycles. The van der Waals surface area contributed by atoms with E-state index in [1.54, 1.807) is 0 Å². The van der Waals surface area contributed by atoms with Gasteiger partial charge in [-0.1, -0.05) is 0 Å². The molecule has 0 spiro atoms. The molecule has 6 nitrogen and oxygen atoms in total. The van der Waals surface area contributed by atoms with Gasteiger partial charge in [0.2, 0.25) is 11.6 Å². The second kappa shape index (κ2) is 2.57. The van der Waals surface area contributed by atoms with E-state index in [9.17, 15) is 9.59 Å². The lowest BCUT2D eigenvalue weighted by atomic mass is 9.93. The quantitative estimate of drug-likeness (QED) is 0.550. The summed E-state index contributed by atoms with van der Waals surface area (Å²) in [6, 6.07) is 0. The van der Waals surface area contributed by atoms with E-state index < -0.39 is 0 Å². The lowest BCUT2D eigenvalue weighted by Crippen LogP contribution is -2.21. The Hall–Kier alpha value is -2.37. The average Bonchev–Trinajstić information content (AvgIpc) is 2.75. The Balaban J connectivity index is 2.36. The number of hydrogen-bond donors (Lipinski definition) is 1. The molecule has 15 heavy (non-hydrogen) atoms. The third-order valence-corrected chi connectivity index (χ3v) is 2.30. The van der Waals surface area contributed by atoms with Crippen LogP contribution in [0.1, 0.15) is 32.1 Å². The predicted octanol–water partition coefficient (Wildman–Crippen LogP) is -0.0249. The molecule has 0 aromatic carbocycles. The van der Waals surface area contributed by atoms with E-state index in [4.69, 9.17) is 0 Å². The van der Waals surface area contributed by atoms with Crippen molar-refractivity contribution in [2.75, 3.05) is 0 Å². The molecule has 2 aromatic heterocycles. The zero-order valence-electron chi connectivity index (χ0n) is 7.39. The molecule has 0 radical (unpaired) electrons. The molecule has 1 N–H and O–H groups in total. The zero-order valence-corrected chi connectivity index (χ0v) is 7.39. The van der Waals surface area contributed by atoms with E-state index in [-0.39, 0.29) is 34.1 Å². The number of carbonyl (C=O) groups is 2. The van der Waals surface area contributed by atoms with Gasteiger partial charge in [0.25, 0.3) is 0 Å². The smallest absolute Gasteiger partial charge is 0.216 e. The van der Waals surface area contributed by atoms with E-state index in [0.717, 1.165) is 0 Å². The Kier molecular flexibility index (Phi) is 1.37. The Labute approximate surface area is 83.4 Å². The first-order valence-corrected chi connectivity index (χ1v) is 4.22. The molecule has 1 aliphatic rings. The van der Waals surface area contributed by atoms with E-state index in [2.05, 4.69) is 20.2 Å². The number of ketones is 2. The van der Waals surface area contributed by atoms with Gasteiger partial charge >= 0.3 is 0 Å². The number of nitrogens with one attached hydrogen (secondary N) is 1. The minimum atomic E-state index is -0.296. The van der Waals surface area contributed by atoms with Crippen molar-refractivity contribution in [2.24, 2.45) is 0 Å². The lowest BCUT2D eigenvalue weighted by molar-refractivity contribution is 0.0973. The van der Waals surface area contributed by atoms with Gasteiger partial charge in [-0.2, -0.15) is 10.2 Å². The molecule has 2 aromatic rings. The van der Waals surface area contributed by atoms with E-state index in [0.29, 0.717) is 0 Å². The van der Waals surface area contributed by atoms with Crippen LogP contribution < -0.4 is 0 Å². The number of fused-ring (bicyclic) bond motifs is 2. The van der Waals surface area contributed by atoms with E-state index in [1.807, 2.05) is 0 Å². The van der Waals surface area contributed by atoms with Crippen LogP contribution in [0.4, 0.5) is 0 Å². The van der Waals surface area contributed by atoms with Crippen molar-refractivity contribution in [3.8, 4) is 0 Å². The molecule has 0 fully saturated rings. The fourth-order valence-electron chi connectivity index (χ4n) is 1.58. The minimum absolute atomic E-state index is 0.153. The van der Waals surface area contributed by atoms with E-state index >= 15 is 0 Å². The van der Waals surface area contributed by atoms with Crippen molar-refractivity contribution in [1.82, 2.24) is 20.2 Å². The number of hydrogen-bond acceptors (Lipinski definition) is 5. The first kappa shape index (κ1) is 7.98. The number of rotatable bonds is 0. The fraction of sp³-hybridized carbons (Fsp3) is 0. The molecule has 0 saturated heterocycles. The molecule has 0 atom stereocenters. The summed E-state index contributed by atoms with van der Waals surface area (Å²) < 4.78 is 0. The normalized spacial score (nSPS) is 13.6. The molecule has 0 saturated carbocycles. The van der Waals surface area contributed by atoms with Crippen molar-refractivity contribution in [1.29, 1.82) is 0 Å². The van der Waals surface area contributed by atoms with Crippen LogP contribution in [0.3, 0.4) is 0 Å². The van der Waals surface area contributed by atoms with Crippen LogP contribution in [0.5, 0.6) is 0 Å². The van der Waals surface area contributed by atoms with Gasteiger partial charge in [-0.3, -0.25) is 9.59 Å². The van der Waals surface area contributed by atoms with Crippen molar-refractivity contribution in [3.05, 3.63) is 41.2 Å². The molecular weight excluding hydrogens is 196 g/mol. The molecule has 0 unspecified atom stereocenters. The summed E-state index contributed by atoms with van der Waals surface area (Å²) in [5, 5.41) is 7.16. The predicted molar refractivity (Wildman–Crippen MR) is 47.5 cm³/mol. The van der Waals surface area contributed by atoms with Crippen LogP contribution >= 0.6 is 0 Å². The largest absolute Gasteiger partial charge is 0.341 e. The molecule has 0 bridgehead atoms. The number of aromatic amines is 1. The van der Waals surface area contributed by atoms with Gasteiger partial charge in [-0.25, -0.2) is 4.98 Å². The summed E-state index contributed by atoms with van der Waals surface area (Å²) in [7, 11) is 0. The van der Waals surface area contributed by atoms with Crippen molar-refractivity contribution >= 4 is 11.6 Å². The maximum atomic E-state index is 11.8. The summed E-state index contributed by atoms with van der Waals surface area (Å²) in [4.78, 5) is 30.1. The highest BCUT2D eigenvalue weighted by Crippen LogP contribution is 2.22. The van der Waals surface area contributed by atoms with Gasteiger partial charge in [0.1, 0.15) is 11.4 Å². The van der Waals surface area contributed by atoms with Crippen LogP contribution in [-0.2, 0) is 0 Å². The maximum Gasteiger partial charge on any atom is 0.216 e. The van der Waals surface area contributed by atoms with Crippen molar-refractivity contribution in [2.45, 2.75) is 0 Å². The Morgan fingerprint density at radius 1 is 1.00 bits per heavy atom. The number of nitrogens with zero attached hydrogens (tertiary/aromatic N) is 3. The summed E-state index contributed by atoms with van der Waals surface area (Å²) in [5.74, 6) is -0.567. The molecule has 6 heteroatoms. The van der Waals surface area contributed by atoms with Crippen LogP contribution in [-0.4, -0.2) is 31.7 Å².